The van der Waals surface area contributed by atoms with Crippen molar-refractivity contribution in [1.82, 2.24) is 0 Å². The second-order valence-electron chi connectivity index (χ2n) is 5.49. The van der Waals surface area contributed by atoms with Crippen molar-refractivity contribution in [2.24, 2.45) is 5.92 Å². The highest BCUT2D eigenvalue weighted by molar-refractivity contribution is 5.73. The minimum Gasteiger partial charge on any atom is -0.479 e. The summed E-state index contributed by atoms with van der Waals surface area (Å²) in [7, 11) is 0. The maximum absolute atomic E-state index is 11.1. The molecule has 0 unspecified atom stereocenters. The minimum absolute atomic E-state index is 0.123. The summed E-state index contributed by atoms with van der Waals surface area (Å²) in [4.78, 5) is 11.1. The van der Waals surface area contributed by atoms with Crippen molar-refractivity contribution in [2.45, 2.75) is 57.7 Å². The lowest BCUT2D eigenvalue weighted by molar-refractivity contribution is -0.242. The predicted octanol–water partition coefficient (Wildman–Crippen LogP) is 0.0114. The molecule has 3 N–H and O–H groups in total. The van der Waals surface area contributed by atoms with Crippen LogP contribution in [0.25, 0.3) is 0 Å². The molecule has 0 radical (unpaired) electrons. The molecular formula is C12H22O6. The van der Waals surface area contributed by atoms with Crippen molar-refractivity contribution in [1.29, 1.82) is 0 Å². The number of aliphatic carboxylic acids is 1. The van der Waals surface area contributed by atoms with E-state index >= 15 is 0 Å². The van der Waals surface area contributed by atoms with Gasteiger partial charge in [0.25, 0.3) is 0 Å². The van der Waals surface area contributed by atoms with Crippen LogP contribution in [0.15, 0.2) is 0 Å². The van der Waals surface area contributed by atoms with Gasteiger partial charge in [0, 0.05) is 0 Å². The molecule has 1 rings (SSSR count). The first kappa shape index (κ1) is 15.4. The molecule has 0 aromatic carbocycles. The van der Waals surface area contributed by atoms with Crippen LogP contribution < -0.4 is 0 Å². The Kier molecular flexibility index (Phi) is 4.72. The van der Waals surface area contributed by atoms with E-state index in [4.69, 9.17) is 14.6 Å². The highest BCUT2D eigenvalue weighted by atomic mass is 16.6. The lowest BCUT2D eigenvalue weighted by Gasteiger charge is -2.42. The Morgan fingerprint density at radius 1 is 1.39 bits per heavy atom. The van der Waals surface area contributed by atoms with Crippen molar-refractivity contribution < 1.29 is 29.6 Å². The molecule has 1 aliphatic rings. The maximum Gasteiger partial charge on any atom is 0.335 e. The van der Waals surface area contributed by atoms with Crippen LogP contribution in [0.2, 0.25) is 0 Å². The van der Waals surface area contributed by atoms with Gasteiger partial charge in [0.05, 0.1) is 12.2 Å². The van der Waals surface area contributed by atoms with E-state index in [9.17, 15) is 15.0 Å². The Balaban J connectivity index is 2.88. The first-order valence-corrected chi connectivity index (χ1v) is 6.05. The van der Waals surface area contributed by atoms with Gasteiger partial charge in [-0.15, -0.1) is 0 Å². The number of hydrogen-bond donors (Lipinski definition) is 3. The van der Waals surface area contributed by atoms with Gasteiger partial charge < -0.3 is 24.8 Å². The number of aliphatic hydroxyl groups is 2. The van der Waals surface area contributed by atoms with Gasteiger partial charge in [-0.05, 0) is 19.8 Å². The van der Waals surface area contributed by atoms with Crippen LogP contribution >= 0.6 is 0 Å². The highest BCUT2D eigenvalue weighted by Gasteiger charge is 2.46. The minimum atomic E-state index is -1.27. The first-order chi connectivity index (χ1) is 8.16. The van der Waals surface area contributed by atoms with E-state index in [0.29, 0.717) is 0 Å². The monoisotopic (exact) mass is 262 g/mol. The molecule has 4 atom stereocenters. The molecular weight excluding hydrogens is 240 g/mol. The molecule has 106 valence electrons. The molecule has 0 aromatic heterocycles. The average molecular weight is 262 g/mol. The Morgan fingerprint density at radius 2 is 1.94 bits per heavy atom. The Bertz CT molecular complexity index is 301. The highest BCUT2D eigenvalue weighted by Crippen LogP contribution is 2.28. The van der Waals surface area contributed by atoms with Crippen molar-refractivity contribution in [3.63, 3.8) is 0 Å². The molecule has 6 heteroatoms. The Morgan fingerprint density at radius 3 is 2.39 bits per heavy atom. The summed E-state index contributed by atoms with van der Waals surface area (Å²) >= 11 is 0. The molecule has 0 saturated carbocycles. The van der Waals surface area contributed by atoms with E-state index in [2.05, 4.69) is 0 Å². The molecule has 0 spiro atoms. The molecule has 18 heavy (non-hydrogen) atoms. The zero-order valence-electron chi connectivity index (χ0n) is 11.2. The molecule has 0 aromatic rings. The lowest BCUT2D eigenvalue weighted by Crippen LogP contribution is -2.59. The number of carbonyl (C=O) groups is 1. The zero-order valence-corrected chi connectivity index (χ0v) is 11.2. The van der Waals surface area contributed by atoms with Gasteiger partial charge >= 0.3 is 5.97 Å². The van der Waals surface area contributed by atoms with Gasteiger partial charge in [0.15, 0.2) is 6.10 Å². The van der Waals surface area contributed by atoms with Crippen LogP contribution in [0.3, 0.4) is 0 Å². The van der Waals surface area contributed by atoms with Crippen molar-refractivity contribution in [3.05, 3.63) is 0 Å². The fraction of sp³-hybridized carbons (Fsp3) is 0.917. The van der Waals surface area contributed by atoms with E-state index in [0.717, 1.165) is 0 Å². The third kappa shape index (κ3) is 3.20. The van der Waals surface area contributed by atoms with Crippen molar-refractivity contribution in [3.8, 4) is 0 Å². The summed E-state index contributed by atoms with van der Waals surface area (Å²) in [6.45, 7) is 7.28. The molecule has 1 saturated heterocycles. The average Bonchev–Trinajstić information content (AvgIpc) is 2.24. The van der Waals surface area contributed by atoms with Gasteiger partial charge in [-0.2, -0.15) is 0 Å². The number of aliphatic hydroxyl groups excluding tert-OH is 2. The summed E-state index contributed by atoms with van der Waals surface area (Å²) < 4.78 is 10.7. The number of carboxylic acid groups (broad SMARTS) is 1. The van der Waals surface area contributed by atoms with Crippen molar-refractivity contribution in [2.75, 3.05) is 6.61 Å². The number of rotatable bonds is 4. The maximum atomic E-state index is 11.1. The molecule has 6 nitrogen and oxygen atoms in total. The van der Waals surface area contributed by atoms with E-state index in [1.165, 1.54) is 0 Å². The molecule has 0 amide bonds. The molecule has 1 heterocycles. The SMILES string of the molecule is CC(C)C(C)(C)O[C@H]1[C@H](O)[C@H](O)CO[C@H]1C(=O)O. The van der Waals surface area contributed by atoms with Gasteiger partial charge in [-0.25, -0.2) is 4.79 Å². The lowest BCUT2D eigenvalue weighted by atomic mass is 9.92. The first-order valence-electron chi connectivity index (χ1n) is 6.05. The third-order valence-electron chi connectivity index (χ3n) is 3.55. The standard InChI is InChI=1S/C12H22O6/c1-6(2)12(3,4)18-9-8(14)7(13)5-17-10(9)11(15)16/h6-10,13-14H,5H2,1-4H3,(H,15,16)/t7-,8-,9+,10-/m1/s1. The quantitative estimate of drug-likeness (QED) is 0.660. The molecule has 1 aliphatic heterocycles. The van der Waals surface area contributed by atoms with Gasteiger partial charge in [-0.3, -0.25) is 0 Å². The predicted molar refractivity (Wildman–Crippen MR) is 63.2 cm³/mol. The largest absolute Gasteiger partial charge is 0.479 e. The normalized spacial score (nSPS) is 33.7. The van der Waals surface area contributed by atoms with Crippen LogP contribution in [-0.2, 0) is 14.3 Å². The zero-order chi connectivity index (χ0) is 14.1. The summed E-state index contributed by atoms with van der Waals surface area (Å²) in [6, 6.07) is 0. The van der Waals surface area contributed by atoms with Crippen LogP contribution in [0, 0.1) is 5.92 Å². The fourth-order valence-electron chi connectivity index (χ4n) is 1.62. The third-order valence-corrected chi connectivity index (χ3v) is 3.55. The topological polar surface area (TPSA) is 96.2 Å². The second-order valence-corrected chi connectivity index (χ2v) is 5.49. The summed E-state index contributed by atoms with van der Waals surface area (Å²) in [5, 5.41) is 28.5. The fourth-order valence-corrected chi connectivity index (χ4v) is 1.62. The number of carboxylic acids is 1. The Hall–Kier alpha value is -0.690. The number of ether oxygens (including phenoxy) is 2. The molecule has 0 aliphatic carbocycles. The smallest absolute Gasteiger partial charge is 0.335 e. The van der Waals surface area contributed by atoms with Crippen LogP contribution in [-0.4, -0.2) is 57.9 Å². The van der Waals surface area contributed by atoms with Crippen molar-refractivity contribution >= 4 is 5.97 Å². The van der Waals surface area contributed by atoms with Gasteiger partial charge in [0.2, 0.25) is 0 Å². The van der Waals surface area contributed by atoms with Gasteiger partial charge in [0.1, 0.15) is 18.3 Å². The van der Waals surface area contributed by atoms with Gasteiger partial charge in [-0.1, -0.05) is 13.8 Å². The van der Waals surface area contributed by atoms with E-state index < -0.39 is 36.0 Å². The molecule has 1 fully saturated rings. The number of hydrogen-bond acceptors (Lipinski definition) is 5. The summed E-state index contributed by atoms with van der Waals surface area (Å²) in [5.74, 6) is -1.08. The molecule has 0 bridgehead atoms. The van der Waals surface area contributed by atoms with Crippen LogP contribution in [0.5, 0.6) is 0 Å². The van der Waals surface area contributed by atoms with E-state index in [-0.39, 0.29) is 12.5 Å². The summed E-state index contributed by atoms with van der Waals surface area (Å²) in [5.41, 5.74) is -0.625. The second kappa shape index (κ2) is 5.52. The van der Waals surface area contributed by atoms with E-state index in [1.54, 1.807) is 0 Å². The van der Waals surface area contributed by atoms with Crippen LogP contribution in [0.4, 0.5) is 0 Å². The van der Waals surface area contributed by atoms with Crippen LogP contribution in [0.1, 0.15) is 27.7 Å². The van der Waals surface area contributed by atoms with E-state index in [1.807, 2.05) is 27.7 Å². The Labute approximate surface area is 107 Å². The summed E-state index contributed by atoms with van der Waals surface area (Å²) in [6.07, 6.45) is -4.74.